The van der Waals surface area contributed by atoms with Gasteiger partial charge in [0.1, 0.15) is 0 Å². The van der Waals surface area contributed by atoms with Crippen LogP contribution >= 0.6 is 0 Å². The fourth-order valence-electron chi connectivity index (χ4n) is 4.55. The molecule has 4 heterocycles. The second kappa shape index (κ2) is 5.64. The Morgan fingerprint density at radius 3 is 2.95 bits per heavy atom. The van der Waals surface area contributed by atoms with Crippen LogP contribution in [0.1, 0.15) is 37.9 Å². The van der Waals surface area contributed by atoms with Crippen LogP contribution in [0.15, 0.2) is 36.5 Å². The third kappa shape index (κ3) is 2.24. The molecule has 22 heavy (non-hydrogen) atoms. The van der Waals surface area contributed by atoms with Crippen LogP contribution in [-0.4, -0.2) is 34.1 Å². The number of nitrogens with zero attached hydrogens (tertiary/aromatic N) is 2. The zero-order valence-corrected chi connectivity index (χ0v) is 13.2. The van der Waals surface area contributed by atoms with Gasteiger partial charge in [-0.25, -0.2) is 0 Å². The van der Waals surface area contributed by atoms with Crippen LogP contribution < -0.4 is 0 Å². The molecule has 0 radical (unpaired) electrons. The molecule has 1 aromatic heterocycles. The van der Waals surface area contributed by atoms with Gasteiger partial charge in [-0.3, -0.25) is 9.88 Å². The Balaban J connectivity index is 1.66. The van der Waals surface area contributed by atoms with Gasteiger partial charge in [0.25, 0.3) is 0 Å². The number of aromatic nitrogens is 1. The number of fused-ring (bicyclic) bond motifs is 4. The molecule has 1 aromatic carbocycles. The number of hydrogen-bond donors (Lipinski definition) is 1. The number of benzene rings is 1. The summed E-state index contributed by atoms with van der Waals surface area (Å²) in [6, 6.07) is 10.4. The van der Waals surface area contributed by atoms with Gasteiger partial charge in [-0.1, -0.05) is 31.5 Å². The molecular weight excluding hydrogens is 272 g/mol. The standard InChI is InChI=1S/C19H24N2O/c1-2-13-12-21-10-8-14(13)11-18(21)19(22)16-7-9-20-17-6-4-3-5-15(16)17/h3-7,9,13-14,18-19,22H,2,8,10-12H2,1H3/t13?,14?,18-,19+/m0/s1. The van der Waals surface area contributed by atoms with E-state index >= 15 is 0 Å². The summed E-state index contributed by atoms with van der Waals surface area (Å²) < 4.78 is 0. The van der Waals surface area contributed by atoms with Crippen molar-refractivity contribution >= 4 is 10.9 Å². The van der Waals surface area contributed by atoms with Gasteiger partial charge in [0.2, 0.25) is 0 Å². The molecule has 2 bridgehead atoms. The Kier molecular flexibility index (Phi) is 3.63. The predicted molar refractivity (Wildman–Crippen MR) is 88.6 cm³/mol. The molecule has 3 aliphatic heterocycles. The summed E-state index contributed by atoms with van der Waals surface area (Å²) in [6.45, 7) is 4.60. The molecular formula is C19H24N2O. The fraction of sp³-hybridized carbons (Fsp3) is 0.526. The highest BCUT2D eigenvalue weighted by atomic mass is 16.3. The minimum atomic E-state index is -0.409. The normalized spacial score (nSPS) is 32.3. The van der Waals surface area contributed by atoms with Crippen molar-refractivity contribution < 1.29 is 5.11 Å². The number of rotatable bonds is 3. The van der Waals surface area contributed by atoms with Crippen LogP contribution in [0.5, 0.6) is 0 Å². The summed E-state index contributed by atoms with van der Waals surface area (Å²) in [5, 5.41) is 12.1. The highest BCUT2D eigenvalue weighted by molar-refractivity contribution is 5.82. The lowest BCUT2D eigenvalue weighted by molar-refractivity contribution is -0.0562. The van der Waals surface area contributed by atoms with Crippen molar-refractivity contribution in [3.05, 3.63) is 42.1 Å². The molecule has 3 nitrogen and oxygen atoms in total. The topological polar surface area (TPSA) is 36.4 Å². The van der Waals surface area contributed by atoms with Crippen molar-refractivity contribution in [2.45, 2.75) is 38.3 Å². The van der Waals surface area contributed by atoms with E-state index in [0.717, 1.165) is 47.8 Å². The Labute approximate surface area is 132 Å². The summed E-state index contributed by atoms with van der Waals surface area (Å²) in [7, 11) is 0. The molecule has 3 saturated heterocycles. The van der Waals surface area contributed by atoms with Crippen molar-refractivity contribution in [1.29, 1.82) is 0 Å². The maximum atomic E-state index is 11.1. The highest BCUT2D eigenvalue weighted by Crippen LogP contribution is 2.42. The van der Waals surface area contributed by atoms with Gasteiger partial charge < -0.3 is 5.11 Å². The van der Waals surface area contributed by atoms with E-state index in [2.05, 4.69) is 22.9 Å². The number of pyridine rings is 1. The van der Waals surface area contributed by atoms with E-state index in [0.29, 0.717) is 0 Å². The lowest BCUT2D eigenvalue weighted by Crippen LogP contribution is -2.55. The predicted octanol–water partition coefficient (Wildman–Crippen LogP) is 3.39. The van der Waals surface area contributed by atoms with Crippen molar-refractivity contribution in [1.82, 2.24) is 9.88 Å². The average molecular weight is 296 g/mol. The molecule has 3 unspecified atom stereocenters. The molecule has 2 aromatic rings. The van der Waals surface area contributed by atoms with E-state index < -0.39 is 6.10 Å². The Hall–Kier alpha value is -1.45. The summed E-state index contributed by atoms with van der Waals surface area (Å²) >= 11 is 0. The van der Waals surface area contributed by atoms with Crippen LogP contribution in [0, 0.1) is 11.8 Å². The first kappa shape index (κ1) is 14.2. The van der Waals surface area contributed by atoms with Crippen LogP contribution in [0.25, 0.3) is 10.9 Å². The molecule has 116 valence electrons. The molecule has 0 spiro atoms. The zero-order chi connectivity index (χ0) is 15.1. The van der Waals surface area contributed by atoms with Crippen LogP contribution in [0.3, 0.4) is 0 Å². The number of para-hydroxylation sites is 1. The van der Waals surface area contributed by atoms with E-state index in [-0.39, 0.29) is 6.04 Å². The van der Waals surface area contributed by atoms with Crippen LogP contribution in [0.4, 0.5) is 0 Å². The van der Waals surface area contributed by atoms with E-state index in [1.54, 1.807) is 0 Å². The number of aliphatic hydroxyl groups is 1. The molecule has 0 amide bonds. The van der Waals surface area contributed by atoms with Gasteiger partial charge in [-0.2, -0.15) is 0 Å². The van der Waals surface area contributed by atoms with Gasteiger partial charge in [0.05, 0.1) is 11.6 Å². The zero-order valence-electron chi connectivity index (χ0n) is 13.2. The third-order valence-electron chi connectivity index (χ3n) is 5.83. The quantitative estimate of drug-likeness (QED) is 0.943. The van der Waals surface area contributed by atoms with E-state index in [9.17, 15) is 5.11 Å². The first-order valence-corrected chi connectivity index (χ1v) is 8.53. The Morgan fingerprint density at radius 2 is 2.18 bits per heavy atom. The second-order valence-electron chi connectivity index (χ2n) is 6.88. The van der Waals surface area contributed by atoms with Crippen molar-refractivity contribution in [2.24, 2.45) is 11.8 Å². The minimum absolute atomic E-state index is 0.271. The lowest BCUT2D eigenvalue weighted by atomic mass is 9.72. The number of piperidine rings is 3. The van der Waals surface area contributed by atoms with Crippen molar-refractivity contribution in [3.63, 3.8) is 0 Å². The van der Waals surface area contributed by atoms with Gasteiger partial charge in [-0.15, -0.1) is 0 Å². The first-order valence-electron chi connectivity index (χ1n) is 8.53. The summed E-state index contributed by atoms with van der Waals surface area (Å²) in [4.78, 5) is 6.94. The van der Waals surface area contributed by atoms with E-state index in [4.69, 9.17) is 0 Å². The maximum absolute atomic E-state index is 11.1. The largest absolute Gasteiger partial charge is 0.387 e. The van der Waals surface area contributed by atoms with Gasteiger partial charge in [0.15, 0.2) is 0 Å². The molecule has 1 N–H and O–H groups in total. The Morgan fingerprint density at radius 1 is 1.32 bits per heavy atom. The highest BCUT2D eigenvalue weighted by Gasteiger charge is 2.42. The molecule has 5 atom stereocenters. The number of aliphatic hydroxyl groups excluding tert-OH is 1. The molecule has 5 rings (SSSR count). The first-order chi connectivity index (χ1) is 10.8. The smallest absolute Gasteiger partial charge is 0.0952 e. The second-order valence-corrected chi connectivity index (χ2v) is 6.88. The molecule has 3 fully saturated rings. The monoisotopic (exact) mass is 296 g/mol. The van der Waals surface area contributed by atoms with E-state index in [1.807, 2.05) is 30.5 Å². The summed E-state index contributed by atoms with van der Waals surface area (Å²) in [5.41, 5.74) is 2.01. The van der Waals surface area contributed by atoms with Crippen molar-refractivity contribution in [3.8, 4) is 0 Å². The van der Waals surface area contributed by atoms with Crippen LogP contribution in [-0.2, 0) is 0 Å². The molecule has 3 aliphatic rings. The molecule has 3 heteroatoms. The summed E-state index contributed by atoms with van der Waals surface area (Å²) in [6.07, 6.45) is 5.12. The third-order valence-corrected chi connectivity index (χ3v) is 5.83. The maximum Gasteiger partial charge on any atom is 0.0952 e. The fourth-order valence-corrected chi connectivity index (χ4v) is 4.55. The summed E-state index contributed by atoms with van der Waals surface area (Å²) in [5.74, 6) is 1.62. The number of hydrogen-bond acceptors (Lipinski definition) is 3. The van der Waals surface area contributed by atoms with E-state index in [1.165, 1.54) is 12.8 Å². The molecule has 0 aliphatic carbocycles. The van der Waals surface area contributed by atoms with Crippen molar-refractivity contribution in [2.75, 3.05) is 13.1 Å². The Bertz CT molecular complexity index is 666. The SMILES string of the molecule is CCC1CN2CCC1C[C@H]2[C@H](O)c1ccnc2ccccc12. The average Bonchev–Trinajstić information content (AvgIpc) is 2.60. The molecule has 0 saturated carbocycles. The van der Waals surface area contributed by atoms with Gasteiger partial charge in [0, 0.05) is 24.2 Å². The minimum Gasteiger partial charge on any atom is -0.387 e. The van der Waals surface area contributed by atoms with Crippen LogP contribution in [0.2, 0.25) is 0 Å². The lowest BCUT2D eigenvalue weighted by Gasteiger charge is -2.51. The van der Waals surface area contributed by atoms with Gasteiger partial charge in [-0.05, 0) is 48.9 Å². The van der Waals surface area contributed by atoms with Gasteiger partial charge >= 0.3 is 0 Å².